The minimum Gasteiger partial charge on any atom is -0.461 e. The highest BCUT2D eigenvalue weighted by Gasteiger charge is 2.49. The van der Waals surface area contributed by atoms with Gasteiger partial charge in [-0.2, -0.15) is 28.4 Å². The number of nitrogen functional groups attached to an aromatic ring is 1. The van der Waals surface area contributed by atoms with Crippen LogP contribution in [0.25, 0.3) is 32.1 Å². The Morgan fingerprint density at radius 1 is 1.28 bits per heavy atom. The minimum absolute atomic E-state index is 0.0273. The second kappa shape index (κ2) is 12.3. The largest absolute Gasteiger partial charge is 0.461 e. The van der Waals surface area contributed by atoms with Crippen LogP contribution >= 0.6 is 11.3 Å². The summed E-state index contributed by atoms with van der Waals surface area (Å²) in [6.45, 7) is 4.98. The molecular weight excluding hydrogens is 684 g/mol. The number of nitrogens with zero attached hydrogens (tertiary/aromatic N) is 6. The van der Waals surface area contributed by atoms with Gasteiger partial charge in [-0.3, -0.25) is 9.69 Å². The number of amides is 1. The van der Waals surface area contributed by atoms with E-state index in [0.717, 1.165) is 24.6 Å². The van der Waals surface area contributed by atoms with E-state index < -0.39 is 52.2 Å². The summed E-state index contributed by atoms with van der Waals surface area (Å²) in [6, 6.07) is 3.69. The van der Waals surface area contributed by atoms with Gasteiger partial charge in [-0.05, 0) is 49.6 Å². The summed E-state index contributed by atoms with van der Waals surface area (Å²) in [6.07, 6.45) is -2.87. The van der Waals surface area contributed by atoms with Crippen LogP contribution in [-0.4, -0.2) is 83.3 Å². The number of thiophene rings is 1. The summed E-state index contributed by atoms with van der Waals surface area (Å²) in [4.78, 5) is 26.2. The van der Waals surface area contributed by atoms with E-state index in [2.05, 4.69) is 16.5 Å². The van der Waals surface area contributed by atoms with Gasteiger partial charge in [0.2, 0.25) is 5.91 Å². The average Bonchev–Trinajstić information content (AvgIpc) is 3.85. The fourth-order valence-electron chi connectivity index (χ4n) is 7.73. The van der Waals surface area contributed by atoms with Crippen molar-refractivity contribution in [3.63, 3.8) is 0 Å². The number of fused-ring (bicyclic) bond motifs is 3. The number of likely N-dealkylation sites (N-methyl/N-ethyl adjacent to an activating group) is 1. The van der Waals surface area contributed by atoms with Crippen LogP contribution in [0.2, 0.25) is 0 Å². The van der Waals surface area contributed by atoms with Crippen LogP contribution in [0.5, 0.6) is 6.01 Å². The Morgan fingerprint density at radius 2 is 2.06 bits per heavy atom. The number of rotatable bonds is 7. The van der Waals surface area contributed by atoms with E-state index in [-0.39, 0.29) is 75.5 Å². The van der Waals surface area contributed by atoms with Crippen LogP contribution in [0.1, 0.15) is 36.8 Å². The third kappa shape index (κ3) is 5.47. The quantitative estimate of drug-likeness (QED) is 0.172. The molecule has 3 atom stereocenters. The maximum atomic E-state index is 17.0. The summed E-state index contributed by atoms with van der Waals surface area (Å²) in [5.41, 5.74) is 1.81. The lowest BCUT2D eigenvalue weighted by Crippen LogP contribution is -2.43. The first-order valence-electron chi connectivity index (χ1n) is 15.9. The Labute approximate surface area is 286 Å². The summed E-state index contributed by atoms with van der Waals surface area (Å²) in [5.74, 6) is -2.61. The van der Waals surface area contributed by atoms with Crippen molar-refractivity contribution >= 4 is 49.1 Å². The molecule has 2 aromatic carbocycles. The number of hydrogen-bond donors (Lipinski definition) is 1. The van der Waals surface area contributed by atoms with Crippen LogP contribution in [0.4, 0.5) is 37.2 Å². The molecule has 0 aliphatic carbocycles. The van der Waals surface area contributed by atoms with Crippen molar-refractivity contribution in [2.24, 2.45) is 0 Å². The predicted molar refractivity (Wildman–Crippen MR) is 177 cm³/mol. The molecule has 5 heterocycles. The van der Waals surface area contributed by atoms with Crippen LogP contribution in [0.15, 0.2) is 30.9 Å². The standard InChI is InChI=1S/C34H31F6N7O2S/c1-3-24(48)46-10-7-18(15-46)45(2)31-20-11-22(34(38,39)40)26(19-5-6-23(36)29-25(19)21(13-41)30(42)50-29)27(37)28(20)43-32(44-31)49-16-33-8-4-9-47(33)14-17(35)12-33/h3,5-6,11,17-18H,1,4,7-10,12,14-16,42H2,2H3/t17-,18-,33+/m1/s1. The zero-order chi connectivity index (χ0) is 35.7. The lowest BCUT2D eigenvalue weighted by molar-refractivity contribution is -0.137. The molecule has 0 unspecified atom stereocenters. The van der Waals surface area contributed by atoms with E-state index in [4.69, 9.17) is 10.5 Å². The van der Waals surface area contributed by atoms with Crippen molar-refractivity contribution in [3.8, 4) is 23.2 Å². The highest BCUT2D eigenvalue weighted by atomic mass is 32.1. The molecule has 3 saturated heterocycles. The van der Waals surface area contributed by atoms with Crippen LogP contribution in [0, 0.1) is 23.0 Å². The van der Waals surface area contributed by atoms with E-state index in [9.17, 15) is 32.0 Å². The van der Waals surface area contributed by atoms with E-state index in [0.29, 0.717) is 37.3 Å². The second-order valence-corrected chi connectivity index (χ2v) is 14.0. The fourth-order valence-corrected chi connectivity index (χ4v) is 8.68. The lowest BCUT2D eigenvalue weighted by atomic mass is 9.92. The number of aromatic nitrogens is 2. The zero-order valence-electron chi connectivity index (χ0n) is 26.8. The van der Waals surface area contributed by atoms with Crippen LogP contribution in [-0.2, 0) is 11.0 Å². The minimum atomic E-state index is -5.12. The lowest BCUT2D eigenvalue weighted by Gasteiger charge is -2.31. The molecule has 3 aliphatic rings. The number of hydrogen-bond acceptors (Lipinski definition) is 9. The number of nitrogens with two attached hydrogens (primary N) is 1. The smallest absolute Gasteiger partial charge is 0.417 e. The molecule has 2 aromatic heterocycles. The Balaban J connectivity index is 1.44. The van der Waals surface area contributed by atoms with Crippen molar-refractivity contribution in [1.82, 2.24) is 19.8 Å². The highest BCUT2D eigenvalue weighted by Crippen LogP contribution is 2.48. The Kier molecular flexibility index (Phi) is 8.33. The Hall–Kier alpha value is -4.62. The first-order chi connectivity index (χ1) is 23.8. The van der Waals surface area contributed by atoms with Crippen molar-refractivity contribution < 1.29 is 35.9 Å². The number of ether oxygens (including phenoxy) is 1. The van der Waals surface area contributed by atoms with Crippen molar-refractivity contribution in [1.29, 1.82) is 5.26 Å². The first kappa shape index (κ1) is 33.9. The molecule has 7 rings (SSSR count). The number of alkyl halides is 4. The summed E-state index contributed by atoms with van der Waals surface area (Å²) >= 11 is 0.673. The van der Waals surface area contributed by atoms with Gasteiger partial charge < -0.3 is 20.3 Å². The van der Waals surface area contributed by atoms with Gasteiger partial charge in [0.05, 0.1) is 21.4 Å². The van der Waals surface area contributed by atoms with Crippen molar-refractivity contribution in [2.45, 2.75) is 49.6 Å². The molecule has 1 amide bonds. The molecule has 0 bridgehead atoms. The van der Waals surface area contributed by atoms with Gasteiger partial charge >= 0.3 is 12.2 Å². The monoisotopic (exact) mass is 715 g/mol. The molecule has 4 aromatic rings. The second-order valence-electron chi connectivity index (χ2n) is 13.0. The van der Waals surface area contributed by atoms with Gasteiger partial charge in [0, 0.05) is 55.5 Å². The van der Waals surface area contributed by atoms with Gasteiger partial charge in [0.25, 0.3) is 0 Å². The number of benzene rings is 2. The maximum absolute atomic E-state index is 17.0. The van der Waals surface area contributed by atoms with Crippen LogP contribution in [0.3, 0.4) is 0 Å². The third-order valence-corrected chi connectivity index (χ3v) is 11.2. The maximum Gasteiger partial charge on any atom is 0.417 e. The molecule has 9 nitrogen and oxygen atoms in total. The first-order valence-corrected chi connectivity index (χ1v) is 16.8. The van der Waals surface area contributed by atoms with E-state index in [1.165, 1.54) is 11.0 Å². The normalized spacial score (nSPS) is 22.3. The van der Waals surface area contributed by atoms with Gasteiger partial charge in [-0.25, -0.2) is 13.2 Å². The van der Waals surface area contributed by atoms with Crippen molar-refractivity contribution in [2.75, 3.05) is 50.5 Å². The fraction of sp³-hybridized carbons (Fsp3) is 0.412. The van der Waals surface area contributed by atoms with Gasteiger partial charge in [0.15, 0.2) is 5.82 Å². The van der Waals surface area contributed by atoms with Gasteiger partial charge in [0.1, 0.15) is 41.0 Å². The molecule has 3 fully saturated rings. The zero-order valence-corrected chi connectivity index (χ0v) is 27.6. The van der Waals surface area contributed by atoms with Crippen LogP contribution < -0.4 is 15.4 Å². The summed E-state index contributed by atoms with van der Waals surface area (Å²) in [7, 11) is 1.58. The molecule has 0 radical (unpaired) electrons. The molecule has 2 N–H and O–H groups in total. The third-order valence-electron chi connectivity index (χ3n) is 10.2. The predicted octanol–water partition coefficient (Wildman–Crippen LogP) is 6.44. The summed E-state index contributed by atoms with van der Waals surface area (Å²) < 4.78 is 97.2. The van der Waals surface area contributed by atoms with Gasteiger partial charge in [-0.15, -0.1) is 11.3 Å². The SMILES string of the molecule is C=CC(=O)N1CC[C@@H](N(C)c2nc(OC[C@@]34CCCN3C[C@H](F)C4)nc3c(F)c(-c4ccc(F)c5sc(N)c(C#N)c45)c(C(F)(F)F)cc23)C1. The highest BCUT2D eigenvalue weighted by molar-refractivity contribution is 7.23. The molecule has 262 valence electrons. The molecule has 50 heavy (non-hydrogen) atoms. The Bertz CT molecular complexity index is 2100. The number of nitriles is 1. The summed E-state index contributed by atoms with van der Waals surface area (Å²) in [5, 5.41) is 9.15. The van der Waals surface area contributed by atoms with E-state index >= 15 is 4.39 Å². The van der Waals surface area contributed by atoms with Gasteiger partial charge in [-0.1, -0.05) is 12.6 Å². The number of likely N-dealkylation sites (tertiary alicyclic amines) is 1. The average molecular weight is 716 g/mol. The van der Waals surface area contributed by atoms with E-state index in [1.54, 1.807) is 11.9 Å². The molecule has 0 saturated carbocycles. The molecule has 0 spiro atoms. The number of halogens is 6. The number of carbonyl (C=O) groups excluding carboxylic acids is 1. The number of carbonyl (C=O) groups is 1. The van der Waals surface area contributed by atoms with Crippen molar-refractivity contribution in [3.05, 3.63) is 53.6 Å². The molecule has 16 heteroatoms. The molecule has 3 aliphatic heterocycles. The van der Waals surface area contributed by atoms with E-state index in [1.807, 2.05) is 11.0 Å². The molecular formula is C34H31F6N7O2S. The Morgan fingerprint density at radius 3 is 2.78 bits per heavy atom. The number of anilines is 2. The topological polar surface area (TPSA) is 112 Å².